The first-order valence-corrected chi connectivity index (χ1v) is 6.59. The minimum absolute atomic E-state index is 0.0227. The van der Waals surface area contributed by atoms with Crippen molar-refractivity contribution >= 4 is 23.7 Å². The van der Waals surface area contributed by atoms with E-state index in [0.29, 0.717) is 22.5 Å². The van der Waals surface area contributed by atoms with Crippen molar-refractivity contribution in [2.45, 2.75) is 10.6 Å². The molecule has 0 aromatic heterocycles. The molecule has 2 aromatic rings. The molecule has 2 rings (SSSR count). The summed E-state index contributed by atoms with van der Waals surface area (Å²) in [5.41, 5.74) is 1.39. The molecule has 0 aliphatic carbocycles. The van der Waals surface area contributed by atoms with E-state index in [9.17, 15) is 14.9 Å². The van der Waals surface area contributed by atoms with E-state index < -0.39 is 4.92 Å². The lowest BCUT2D eigenvalue weighted by Crippen LogP contribution is -1.93. The zero-order valence-electron chi connectivity index (χ0n) is 9.98. The van der Waals surface area contributed by atoms with Gasteiger partial charge in [0.2, 0.25) is 0 Å². The van der Waals surface area contributed by atoms with Crippen LogP contribution in [0, 0.1) is 10.1 Å². The largest absolute Gasteiger partial charge is 0.298 e. The molecule has 0 unspecified atom stereocenters. The third-order valence-corrected chi connectivity index (χ3v) is 3.69. The maximum absolute atomic E-state index is 11.0. The summed E-state index contributed by atoms with van der Waals surface area (Å²) in [6.07, 6.45) is 0.610. The molecule has 0 heterocycles. The minimum Gasteiger partial charge on any atom is -0.298 e. The number of hydrogen-bond donors (Lipinski definition) is 0. The van der Waals surface area contributed by atoms with Gasteiger partial charge in [0.15, 0.2) is 0 Å². The van der Waals surface area contributed by atoms with Crippen molar-refractivity contribution in [2.75, 3.05) is 0 Å². The fourth-order valence-corrected chi connectivity index (χ4v) is 2.57. The maximum Gasteiger partial charge on any atom is 0.283 e. The van der Waals surface area contributed by atoms with Gasteiger partial charge in [-0.05, 0) is 11.6 Å². The number of thioether (sulfide) groups is 1. The van der Waals surface area contributed by atoms with Gasteiger partial charge in [0.05, 0.1) is 9.82 Å². The molecule has 0 aliphatic rings. The zero-order valence-corrected chi connectivity index (χ0v) is 10.8. The third kappa shape index (κ3) is 3.42. The first-order chi connectivity index (χ1) is 9.20. The molecule has 0 radical (unpaired) electrons. The van der Waals surface area contributed by atoms with Crippen LogP contribution < -0.4 is 0 Å². The van der Waals surface area contributed by atoms with Crippen molar-refractivity contribution in [2.24, 2.45) is 0 Å². The first kappa shape index (κ1) is 13.3. The van der Waals surface area contributed by atoms with Crippen LogP contribution in [-0.2, 0) is 5.75 Å². The number of carbonyl (C=O) groups excluding carboxylic acids is 1. The summed E-state index contributed by atoms with van der Waals surface area (Å²) in [6, 6.07) is 14.2. The topological polar surface area (TPSA) is 60.2 Å². The number of benzene rings is 2. The van der Waals surface area contributed by atoms with Crippen molar-refractivity contribution in [1.29, 1.82) is 0 Å². The third-order valence-electron chi connectivity index (χ3n) is 2.55. The highest BCUT2D eigenvalue weighted by Gasteiger charge is 2.14. The van der Waals surface area contributed by atoms with Crippen LogP contribution in [0.4, 0.5) is 5.69 Å². The van der Waals surface area contributed by atoms with Crippen LogP contribution in [0.5, 0.6) is 0 Å². The van der Waals surface area contributed by atoms with Crippen molar-refractivity contribution in [3.05, 3.63) is 69.8 Å². The molecular formula is C14H11NO3S. The lowest BCUT2D eigenvalue weighted by Gasteiger charge is -2.03. The van der Waals surface area contributed by atoms with Gasteiger partial charge in [-0.1, -0.05) is 36.4 Å². The molecule has 0 fully saturated rings. The monoisotopic (exact) mass is 273 g/mol. The van der Waals surface area contributed by atoms with E-state index in [4.69, 9.17) is 0 Å². The van der Waals surface area contributed by atoms with Crippen LogP contribution >= 0.6 is 11.8 Å². The molecular weight excluding hydrogens is 262 g/mol. The molecule has 0 bridgehead atoms. The Kier molecular flexibility index (Phi) is 4.30. The first-order valence-electron chi connectivity index (χ1n) is 5.61. The Morgan fingerprint density at radius 1 is 1.16 bits per heavy atom. The number of nitro benzene ring substituents is 1. The van der Waals surface area contributed by atoms with Gasteiger partial charge in [0.25, 0.3) is 5.69 Å². The highest BCUT2D eigenvalue weighted by molar-refractivity contribution is 7.98. The van der Waals surface area contributed by atoms with Gasteiger partial charge in [-0.2, -0.15) is 0 Å². The van der Waals surface area contributed by atoms with Crippen LogP contribution in [0.1, 0.15) is 15.9 Å². The Morgan fingerprint density at radius 2 is 1.89 bits per heavy atom. The van der Waals surface area contributed by atoms with Gasteiger partial charge in [0, 0.05) is 17.4 Å². The van der Waals surface area contributed by atoms with E-state index in [1.807, 2.05) is 30.3 Å². The average Bonchev–Trinajstić information content (AvgIpc) is 2.46. The molecule has 96 valence electrons. The Balaban J connectivity index is 2.20. The molecule has 0 amide bonds. The highest BCUT2D eigenvalue weighted by atomic mass is 32.2. The standard InChI is InChI=1S/C14H11NO3S/c16-9-12-6-7-14(13(8-12)15(17)18)19-10-11-4-2-1-3-5-11/h1-9H,10H2. The fourth-order valence-electron chi connectivity index (χ4n) is 1.61. The van der Waals surface area contributed by atoms with Crippen molar-refractivity contribution in [3.63, 3.8) is 0 Å². The minimum atomic E-state index is -0.458. The summed E-state index contributed by atoms with van der Waals surface area (Å²) in [4.78, 5) is 21.7. The second kappa shape index (κ2) is 6.15. The molecule has 0 spiro atoms. The fraction of sp³-hybridized carbons (Fsp3) is 0.0714. The second-order valence-electron chi connectivity index (χ2n) is 3.88. The predicted molar refractivity (Wildman–Crippen MR) is 74.5 cm³/mol. The summed E-state index contributed by atoms with van der Waals surface area (Å²) in [5.74, 6) is 0.655. The van der Waals surface area contributed by atoms with E-state index in [-0.39, 0.29) is 5.69 Å². The number of nitro groups is 1. The summed E-state index contributed by atoms with van der Waals surface area (Å²) >= 11 is 1.39. The van der Waals surface area contributed by atoms with Crippen molar-refractivity contribution < 1.29 is 9.72 Å². The van der Waals surface area contributed by atoms with Crippen molar-refractivity contribution in [3.8, 4) is 0 Å². The van der Waals surface area contributed by atoms with Crippen LogP contribution in [0.25, 0.3) is 0 Å². The van der Waals surface area contributed by atoms with Crippen molar-refractivity contribution in [1.82, 2.24) is 0 Å². The Bertz CT molecular complexity index is 599. The number of rotatable bonds is 5. The second-order valence-corrected chi connectivity index (χ2v) is 4.89. The van der Waals surface area contributed by atoms with E-state index in [0.717, 1.165) is 5.56 Å². The van der Waals surface area contributed by atoms with E-state index in [2.05, 4.69) is 0 Å². The van der Waals surface area contributed by atoms with E-state index in [1.165, 1.54) is 17.8 Å². The Morgan fingerprint density at radius 3 is 2.53 bits per heavy atom. The maximum atomic E-state index is 11.0. The summed E-state index contributed by atoms with van der Waals surface area (Å²) in [5, 5.41) is 11.0. The zero-order chi connectivity index (χ0) is 13.7. The molecule has 19 heavy (non-hydrogen) atoms. The van der Waals surface area contributed by atoms with Crippen LogP contribution in [0.3, 0.4) is 0 Å². The Labute approximate surface area is 114 Å². The lowest BCUT2D eigenvalue weighted by atomic mass is 10.2. The highest BCUT2D eigenvalue weighted by Crippen LogP contribution is 2.31. The number of carbonyl (C=O) groups is 1. The van der Waals surface area contributed by atoms with Crippen LogP contribution in [0.15, 0.2) is 53.4 Å². The molecule has 4 nitrogen and oxygen atoms in total. The van der Waals surface area contributed by atoms with Gasteiger partial charge in [0.1, 0.15) is 6.29 Å². The number of aldehydes is 1. The Hall–Kier alpha value is -2.14. The summed E-state index contributed by atoms with van der Waals surface area (Å²) in [6.45, 7) is 0. The van der Waals surface area contributed by atoms with Gasteiger partial charge < -0.3 is 0 Å². The smallest absolute Gasteiger partial charge is 0.283 e. The van der Waals surface area contributed by atoms with Gasteiger partial charge in [-0.3, -0.25) is 14.9 Å². The lowest BCUT2D eigenvalue weighted by molar-refractivity contribution is -0.387. The quantitative estimate of drug-likeness (QED) is 0.361. The molecule has 0 saturated heterocycles. The van der Waals surface area contributed by atoms with Crippen LogP contribution in [-0.4, -0.2) is 11.2 Å². The van der Waals surface area contributed by atoms with Crippen LogP contribution in [0.2, 0.25) is 0 Å². The summed E-state index contributed by atoms with van der Waals surface area (Å²) in [7, 11) is 0. The van der Waals surface area contributed by atoms with E-state index in [1.54, 1.807) is 12.1 Å². The van der Waals surface area contributed by atoms with Gasteiger partial charge in [-0.15, -0.1) is 11.8 Å². The summed E-state index contributed by atoms with van der Waals surface area (Å²) < 4.78 is 0. The molecule has 0 saturated carbocycles. The number of nitrogens with zero attached hydrogens (tertiary/aromatic N) is 1. The molecule has 0 N–H and O–H groups in total. The van der Waals surface area contributed by atoms with E-state index >= 15 is 0 Å². The normalized spacial score (nSPS) is 10.1. The average molecular weight is 273 g/mol. The molecule has 5 heteroatoms. The SMILES string of the molecule is O=Cc1ccc(SCc2ccccc2)c([N+](=O)[O-])c1. The molecule has 0 atom stereocenters. The molecule has 0 aliphatic heterocycles. The number of hydrogen-bond acceptors (Lipinski definition) is 4. The molecule has 2 aromatic carbocycles. The van der Waals surface area contributed by atoms with Gasteiger partial charge in [-0.25, -0.2) is 0 Å². The predicted octanol–water partition coefficient (Wildman–Crippen LogP) is 3.70. The van der Waals surface area contributed by atoms with Gasteiger partial charge >= 0.3 is 0 Å².